The SMILES string of the molecule is CC(NCc1ccc(Cl)cc1F)c1cccc(Br)c1. The van der Waals surface area contributed by atoms with Crippen LogP contribution in [0.1, 0.15) is 24.1 Å². The Balaban J connectivity index is 2.02. The van der Waals surface area contributed by atoms with Crippen LogP contribution in [0.4, 0.5) is 4.39 Å². The van der Waals surface area contributed by atoms with E-state index in [9.17, 15) is 4.39 Å². The monoisotopic (exact) mass is 341 g/mol. The summed E-state index contributed by atoms with van der Waals surface area (Å²) in [6.07, 6.45) is 0. The Kier molecular flexibility index (Phi) is 4.97. The fourth-order valence-electron chi connectivity index (χ4n) is 1.82. The van der Waals surface area contributed by atoms with E-state index < -0.39 is 0 Å². The van der Waals surface area contributed by atoms with Crippen molar-refractivity contribution in [3.05, 3.63) is 68.9 Å². The summed E-state index contributed by atoms with van der Waals surface area (Å²) in [6.45, 7) is 2.52. The number of hydrogen-bond donors (Lipinski definition) is 1. The lowest BCUT2D eigenvalue weighted by atomic mass is 10.1. The molecule has 0 radical (unpaired) electrons. The molecule has 4 heteroatoms. The summed E-state index contributed by atoms with van der Waals surface area (Å²) in [5, 5.41) is 3.72. The summed E-state index contributed by atoms with van der Waals surface area (Å²) in [5.74, 6) is -0.276. The Labute approximate surface area is 125 Å². The minimum absolute atomic E-state index is 0.146. The van der Waals surface area contributed by atoms with Crippen molar-refractivity contribution in [3.8, 4) is 0 Å². The minimum Gasteiger partial charge on any atom is -0.306 e. The van der Waals surface area contributed by atoms with E-state index in [0.29, 0.717) is 17.1 Å². The zero-order valence-corrected chi connectivity index (χ0v) is 12.8. The highest BCUT2D eigenvalue weighted by atomic mass is 79.9. The maximum atomic E-state index is 13.6. The molecule has 1 unspecified atom stereocenters. The molecule has 0 heterocycles. The Morgan fingerprint density at radius 1 is 1.26 bits per heavy atom. The van der Waals surface area contributed by atoms with Gasteiger partial charge in [-0.05, 0) is 36.8 Å². The van der Waals surface area contributed by atoms with Crippen LogP contribution in [0.3, 0.4) is 0 Å². The molecule has 1 atom stereocenters. The van der Waals surface area contributed by atoms with E-state index in [-0.39, 0.29) is 11.9 Å². The van der Waals surface area contributed by atoms with Gasteiger partial charge in [0.2, 0.25) is 0 Å². The van der Waals surface area contributed by atoms with Crippen molar-refractivity contribution in [2.45, 2.75) is 19.5 Å². The molecule has 19 heavy (non-hydrogen) atoms. The third kappa shape index (κ3) is 4.03. The van der Waals surface area contributed by atoms with Crippen molar-refractivity contribution in [2.75, 3.05) is 0 Å². The fraction of sp³-hybridized carbons (Fsp3) is 0.200. The van der Waals surface area contributed by atoms with Gasteiger partial charge < -0.3 is 5.32 Å². The molecule has 0 fully saturated rings. The van der Waals surface area contributed by atoms with E-state index in [4.69, 9.17) is 11.6 Å². The standard InChI is InChI=1S/C15H14BrClFN/c1-10(11-3-2-4-13(16)7-11)19-9-12-5-6-14(17)8-15(12)18/h2-8,10,19H,9H2,1H3. The number of benzene rings is 2. The molecular weight excluding hydrogens is 329 g/mol. The highest BCUT2D eigenvalue weighted by molar-refractivity contribution is 9.10. The molecule has 0 spiro atoms. The highest BCUT2D eigenvalue weighted by Crippen LogP contribution is 2.19. The molecule has 2 aromatic carbocycles. The Bertz CT molecular complexity index is 574. The van der Waals surface area contributed by atoms with Crippen molar-refractivity contribution >= 4 is 27.5 Å². The van der Waals surface area contributed by atoms with Crippen LogP contribution in [0.5, 0.6) is 0 Å². The lowest BCUT2D eigenvalue weighted by molar-refractivity contribution is 0.544. The average molecular weight is 343 g/mol. The summed E-state index contributed by atoms with van der Waals surface area (Å²) in [5.41, 5.74) is 1.77. The van der Waals surface area contributed by atoms with E-state index in [1.165, 1.54) is 6.07 Å². The van der Waals surface area contributed by atoms with Crippen LogP contribution < -0.4 is 5.32 Å². The lowest BCUT2D eigenvalue weighted by Gasteiger charge is -2.15. The second-order valence-electron chi connectivity index (χ2n) is 4.39. The molecule has 0 aromatic heterocycles. The summed E-state index contributed by atoms with van der Waals surface area (Å²) < 4.78 is 14.7. The van der Waals surface area contributed by atoms with Crippen molar-refractivity contribution < 1.29 is 4.39 Å². The first-order valence-electron chi connectivity index (χ1n) is 5.99. The van der Waals surface area contributed by atoms with Gasteiger partial charge in [-0.1, -0.05) is 45.7 Å². The maximum absolute atomic E-state index is 13.6. The molecule has 2 aromatic rings. The van der Waals surface area contributed by atoms with Crippen LogP contribution in [-0.4, -0.2) is 0 Å². The van der Waals surface area contributed by atoms with Crippen molar-refractivity contribution in [2.24, 2.45) is 0 Å². The molecule has 0 amide bonds. The van der Waals surface area contributed by atoms with Crippen LogP contribution in [0.2, 0.25) is 5.02 Å². The average Bonchev–Trinajstić information content (AvgIpc) is 2.37. The van der Waals surface area contributed by atoms with Gasteiger partial charge in [0.15, 0.2) is 0 Å². The minimum atomic E-state index is -0.276. The Hall–Kier alpha value is -0.900. The first-order chi connectivity index (χ1) is 9.06. The van der Waals surface area contributed by atoms with Crippen molar-refractivity contribution in [1.29, 1.82) is 0 Å². The van der Waals surface area contributed by atoms with Crippen molar-refractivity contribution in [1.82, 2.24) is 5.32 Å². The molecule has 0 aliphatic carbocycles. The van der Waals surface area contributed by atoms with Gasteiger partial charge >= 0.3 is 0 Å². The van der Waals surface area contributed by atoms with E-state index in [1.54, 1.807) is 12.1 Å². The smallest absolute Gasteiger partial charge is 0.129 e. The molecule has 0 aliphatic heterocycles. The predicted octanol–water partition coefficient (Wildman–Crippen LogP) is 5.09. The second kappa shape index (κ2) is 6.51. The van der Waals surface area contributed by atoms with Gasteiger partial charge in [-0.15, -0.1) is 0 Å². The highest BCUT2D eigenvalue weighted by Gasteiger charge is 2.07. The second-order valence-corrected chi connectivity index (χ2v) is 5.75. The topological polar surface area (TPSA) is 12.0 Å². The van der Waals surface area contributed by atoms with Gasteiger partial charge in [-0.25, -0.2) is 4.39 Å². The molecule has 1 nitrogen and oxygen atoms in total. The number of rotatable bonds is 4. The number of nitrogens with one attached hydrogen (secondary N) is 1. The Morgan fingerprint density at radius 3 is 2.74 bits per heavy atom. The van der Waals surface area contributed by atoms with Gasteiger partial charge in [0.25, 0.3) is 0 Å². The van der Waals surface area contributed by atoms with Gasteiger partial charge in [0.1, 0.15) is 5.82 Å². The largest absolute Gasteiger partial charge is 0.306 e. The zero-order valence-electron chi connectivity index (χ0n) is 10.5. The van der Waals surface area contributed by atoms with E-state index in [1.807, 2.05) is 18.2 Å². The predicted molar refractivity (Wildman–Crippen MR) is 80.8 cm³/mol. The van der Waals surface area contributed by atoms with Gasteiger partial charge in [-0.2, -0.15) is 0 Å². The van der Waals surface area contributed by atoms with E-state index in [2.05, 4.69) is 34.2 Å². The fourth-order valence-corrected chi connectivity index (χ4v) is 2.40. The van der Waals surface area contributed by atoms with Crippen molar-refractivity contribution in [3.63, 3.8) is 0 Å². The molecular formula is C15H14BrClFN. The third-order valence-corrected chi connectivity index (χ3v) is 3.69. The zero-order chi connectivity index (χ0) is 13.8. The first-order valence-corrected chi connectivity index (χ1v) is 7.16. The molecule has 0 bridgehead atoms. The molecule has 2 rings (SSSR count). The summed E-state index contributed by atoms with van der Waals surface area (Å²) in [4.78, 5) is 0. The van der Waals surface area contributed by atoms with Crippen LogP contribution in [-0.2, 0) is 6.54 Å². The van der Waals surface area contributed by atoms with E-state index in [0.717, 1.165) is 10.0 Å². The summed E-state index contributed by atoms with van der Waals surface area (Å²) in [6, 6.07) is 12.9. The summed E-state index contributed by atoms with van der Waals surface area (Å²) in [7, 11) is 0. The van der Waals surface area contributed by atoms with Gasteiger partial charge in [0.05, 0.1) is 0 Å². The molecule has 0 saturated heterocycles. The molecule has 100 valence electrons. The molecule has 1 N–H and O–H groups in total. The van der Waals surface area contributed by atoms with Gasteiger partial charge in [0, 0.05) is 27.6 Å². The number of hydrogen-bond acceptors (Lipinski definition) is 1. The van der Waals surface area contributed by atoms with Crippen LogP contribution in [0.15, 0.2) is 46.9 Å². The van der Waals surface area contributed by atoms with Crippen LogP contribution in [0.25, 0.3) is 0 Å². The van der Waals surface area contributed by atoms with Crippen LogP contribution >= 0.6 is 27.5 Å². The lowest BCUT2D eigenvalue weighted by Crippen LogP contribution is -2.18. The molecule has 0 saturated carbocycles. The first kappa shape index (κ1) is 14.5. The summed E-state index contributed by atoms with van der Waals surface area (Å²) >= 11 is 9.17. The van der Waals surface area contributed by atoms with Gasteiger partial charge in [-0.3, -0.25) is 0 Å². The molecule has 0 aliphatic rings. The number of halogens is 3. The quantitative estimate of drug-likeness (QED) is 0.816. The maximum Gasteiger partial charge on any atom is 0.129 e. The van der Waals surface area contributed by atoms with E-state index >= 15 is 0 Å². The third-order valence-electron chi connectivity index (χ3n) is 2.96. The van der Waals surface area contributed by atoms with Crippen LogP contribution in [0, 0.1) is 5.82 Å². The Morgan fingerprint density at radius 2 is 2.05 bits per heavy atom. The normalized spacial score (nSPS) is 12.4.